The van der Waals surface area contributed by atoms with Gasteiger partial charge in [0, 0.05) is 18.5 Å². The molecule has 0 aromatic heterocycles. The number of carboxylic acids is 1. The van der Waals surface area contributed by atoms with E-state index in [1.165, 1.54) is 6.08 Å². The molecule has 2 aliphatic heterocycles. The molecule has 4 atom stereocenters. The summed E-state index contributed by atoms with van der Waals surface area (Å²) < 4.78 is 33.8. The van der Waals surface area contributed by atoms with Crippen LogP contribution in [0.15, 0.2) is 42.5 Å². The maximum absolute atomic E-state index is 12.5. The van der Waals surface area contributed by atoms with E-state index in [2.05, 4.69) is 4.72 Å². The number of ether oxygens (including phenoxy) is 1. The fourth-order valence-electron chi connectivity index (χ4n) is 4.57. The van der Waals surface area contributed by atoms with Crippen LogP contribution in [0.5, 0.6) is 0 Å². The molecule has 6 nitrogen and oxygen atoms in total. The zero-order chi connectivity index (χ0) is 20.7. The standard InChI is InChI=1S/C22H31NO5S/c24-22(25)11-7-2-1-6-10-18-19(21-13-12-20(18)28-21)16-23-29(26,27)15-14-17-8-4-3-5-9-17/h3-5,7-9,11,18-21,23H,1-2,6,10,12-16H2,(H,24,25)/b11-7+/t18-,19+,20-,21+/m1/s1. The van der Waals surface area contributed by atoms with Crippen molar-refractivity contribution >= 4 is 16.0 Å². The number of allylic oxidation sites excluding steroid dienone is 1. The van der Waals surface area contributed by atoms with Gasteiger partial charge in [0.2, 0.25) is 10.0 Å². The minimum atomic E-state index is -3.32. The van der Waals surface area contributed by atoms with Crippen LogP contribution in [0.25, 0.3) is 0 Å². The van der Waals surface area contributed by atoms with Crippen molar-refractivity contribution in [3.05, 3.63) is 48.0 Å². The number of rotatable bonds is 12. The number of carbonyl (C=O) groups is 1. The minimum Gasteiger partial charge on any atom is -0.478 e. The minimum absolute atomic E-state index is 0.0965. The zero-order valence-corrected chi connectivity index (χ0v) is 17.5. The summed E-state index contributed by atoms with van der Waals surface area (Å²) in [7, 11) is -3.32. The molecule has 7 heteroatoms. The van der Waals surface area contributed by atoms with Gasteiger partial charge in [-0.3, -0.25) is 0 Å². The van der Waals surface area contributed by atoms with E-state index in [9.17, 15) is 13.2 Å². The van der Waals surface area contributed by atoms with Gasteiger partial charge in [-0.1, -0.05) is 42.8 Å². The predicted octanol–water partition coefficient (Wildman–Crippen LogP) is 3.14. The highest BCUT2D eigenvalue weighted by Gasteiger charge is 2.48. The molecule has 2 fully saturated rings. The number of hydrogen-bond acceptors (Lipinski definition) is 4. The normalized spacial score (nSPS) is 26.3. The topological polar surface area (TPSA) is 92.7 Å². The van der Waals surface area contributed by atoms with Crippen molar-refractivity contribution in [1.82, 2.24) is 4.72 Å². The summed E-state index contributed by atoms with van der Waals surface area (Å²) in [5.41, 5.74) is 1.02. The number of fused-ring (bicyclic) bond motifs is 2. The molecular weight excluding hydrogens is 390 g/mol. The van der Waals surface area contributed by atoms with Crippen molar-refractivity contribution in [2.24, 2.45) is 11.8 Å². The van der Waals surface area contributed by atoms with Crippen LogP contribution in [0, 0.1) is 11.8 Å². The van der Waals surface area contributed by atoms with Crippen molar-refractivity contribution in [3.63, 3.8) is 0 Å². The molecule has 2 saturated heterocycles. The van der Waals surface area contributed by atoms with E-state index < -0.39 is 16.0 Å². The lowest BCUT2D eigenvalue weighted by Gasteiger charge is -2.28. The Kier molecular flexibility index (Phi) is 7.86. The van der Waals surface area contributed by atoms with Gasteiger partial charge in [-0.05, 0) is 50.0 Å². The molecule has 160 valence electrons. The molecular formula is C22H31NO5S. The number of unbranched alkanes of at least 4 members (excludes halogenated alkanes) is 2. The Morgan fingerprint density at radius 2 is 1.86 bits per heavy atom. The Bertz CT molecular complexity index is 793. The van der Waals surface area contributed by atoms with Crippen LogP contribution in [0.2, 0.25) is 0 Å². The van der Waals surface area contributed by atoms with E-state index >= 15 is 0 Å². The summed E-state index contributed by atoms with van der Waals surface area (Å²) in [5, 5.41) is 8.62. The van der Waals surface area contributed by atoms with E-state index in [0.29, 0.717) is 18.9 Å². The smallest absolute Gasteiger partial charge is 0.327 e. The predicted molar refractivity (Wildman–Crippen MR) is 112 cm³/mol. The third-order valence-corrected chi connectivity index (χ3v) is 7.40. The van der Waals surface area contributed by atoms with Gasteiger partial charge >= 0.3 is 5.97 Å². The molecule has 2 aliphatic rings. The molecule has 1 aromatic rings. The number of benzene rings is 1. The van der Waals surface area contributed by atoms with Gasteiger partial charge in [-0.15, -0.1) is 0 Å². The Hall–Kier alpha value is -1.70. The fraction of sp³-hybridized carbons (Fsp3) is 0.591. The molecule has 2 bridgehead atoms. The molecule has 0 unspecified atom stereocenters. The maximum atomic E-state index is 12.5. The molecule has 0 spiro atoms. The molecule has 2 N–H and O–H groups in total. The van der Waals surface area contributed by atoms with Gasteiger partial charge in [0.1, 0.15) is 0 Å². The van der Waals surface area contributed by atoms with Gasteiger partial charge in [0.05, 0.1) is 18.0 Å². The average molecular weight is 422 g/mol. The summed E-state index contributed by atoms with van der Waals surface area (Å²) in [5.74, 6) is -0.200. The molecule has 0 aliphatic carbocycles. The number of hydrogen-bond donors (Lipinski definition) is 2. The maximum Gasteiger partial charge on any atom is 0.327 e. The van der Waals surface area contributed by atoms with Crippen molar-refractivity contribution in [1.29, 1.82) is 0 Å². The monoisotopic (exact) mass is 421 g/mol. The largest absolute Gasteiger partial charge is 0.478 e. The van der Waals surface area contributed by atoms with Gasteiger partial charge in [0.15, 0.2) is 0 Å². The number of nitrogens with one attached hydrogen (secondary N) is 1. The molecule has 0 saturated carbocycles. The van der Waals surface area contributed by atoms with Crippen LogP contribution < -0.4 is 4.72 Å². The summed E-state index contributed by atoms with van der Waals surface area (Å²) in [6.45, 7) is 0.446. The lowest BCUT2D eigenvalue weighted by Crippen LogP contribution is -2.39. The first-order valence-corrected chi connectivity index (χ1v) is 12.2. The van der Waals surface area contributed by atoms with Crippen molar-refractivity contribution in [3.8, 4) is 0 Å². The van der Waals surface area contributed by atoms with Crippen LogP contribution in [-0.4, -0.2) is 44.0 Å². The number of carboxylic acid groups (broad SMARTS) is 1. The highest BCUT2D eigenvalue weighted by Crippen LogP contribution is 2.45. The summed E-state index contributed by atoms with van der Waals surface area (Å²) in [6.07, 6.45) is 9.56. The molecule has 0 amide bonds. The molecule has 29 heavy (non-hydrogen) atoms. The Morgan fingerprint density at radius 3 is 2.59 bits per heavy atom. The zero-order valence-electron chi connectivity index (χ0n) is 16.7. The SMILES string of the molecule is O=C(O)/C=C/CCCC[C@@H]1[C@H](CNS(=O)(=O)CCc2ccccc2)[C@@H]2CC[C@H]1O2. The van der Waals surface area contributed by atoms with E-state index in [4.69, 9.17) is 9.84 Å². The highest BCUT2D eigenvalue weighted by molar-refractivity contribution is 7.89. The van der Waals surface area contributed by atoms with Gasteiger partial charge < -0.3 is 9.84 Å². The van der Waals surface area contributed by atoms with E-state index in [1.807, 2.05) is 30.3 Å². The summed E-state index contributed by atoms with van der Waals surface area (Å²) in [4.78, 5) is 10.5. The van der Waals surface area contributed by atoms with E-state index in [0.717, 1.165) is 44.1 Å². The molecule has 3 rings (SSSR count). The number of aryl methyl sites for hydroxylation is 1. The summed E-state index contributed by atoms with van der Waals surface area (Å²) >= 11 is 0. The first kappa shape index (κ1) is 22.0. The van der Waals surface area contributed by atoms with Crippen molar-refractivity contribution < 1.29 is 23.1 Å². The first-order valence-electron chi connectivity index (χ1n) is 10.5. The Morgan fingerprint density at radius 1 is 1.14 bits per heavy atom. The third-order valence-electron chi connectivity index (χ3n) is 6.05. The second-order valence-electron chi connectivity index (χ2n) is 8.05. The Balaban J connectivity index is 1.44. The number of aliphatic carboxylic acids is 1. The van der Waals surface area contributed by atoms with Gasteiger partial charge in [0.25, 0.3) is 0 Å². The fourth-order valence-corrected chi connectivity index (χ4v) is 5.67. The van der Waals surface area contributed by atoms with Gasteiger partial charge in [-0.2, -0.15) is 0 Å². The highest BCUT2D eigenvalue weighted by atomic mass is 32.2. The van der Waals surface area contributed by atoms with Crippen LogP contribution in [0.4, 0.5) is 0 Å². The van der Waals surface area contributed by atoms with Crippen LogP contribution in [-0.2, 0) is 26.0 Å². The third kappa shape index (κ3) is 6.66. The molecule has 1 aromatic carbocycles. The van der Waals surface area contributed by atoms with Crippen LogP contribution >= 0.6 is 0 Å². The van der Waals surface area contributed by atoms with Crippen LogP contribution in [0.3, 0.4) is 0 Å². The lowest BCUT2D eigenvalue weighted by molar-refractivity contribution is -0.131. The average Bonchev–Trinajstić information content (AvgIpc) is 3.30. The molecule has 2 heterocycles. The van der Waals surface area contributed by atoms with Crippen LogP contribution in [0.1, 0.15) is 44.1 Å². The Labute approximate surface area is 173 Å². The second-order valence-corrected chi connectivity index (χ2v) is 9.97. The second kappa shape index (κ2) is 10.4. The summed E-state index contributed by atoms with van der Waals surface area (Å²) in [6, 6.07) is 9.66. The van der Waals surface area contributed by atoms with Gasteiger partial charge in [-0.25, -0.2) is 17.9 Å². The first-order chi connectivity index (χ1) is 13.9. The van der Waals surface area contributed by atoms with Crippen molar-refractivity contribution in [2.45, 2.75) is 57.2 Å². The van der Waals surface area contributed by atoms with E-state index in [1.54, 1.807) is 6.08 Å². The van der Waals surface area contributed by atoms with Crippen molar-refractivity contribution in [2.75, 3.05) is 12.3 Å². The molecule has 0 radical (unpaired) electrons. The lowest BCUT2D eigenvalue weighted by atomic mass is 9.77. The number of sulfonamides is 1. The van der Waals surface area contributed by atoms with E-state index in [-0.39, 0.29) is 23.9 Å². The quantitative estimate of drug-likeness (QED) is 0.400.